The van der Waals surface area contributed by atoms with Crippen LogP contribution in [0.5, 0.6) is 0 Å². The third-order valence-corrected chi connectivity index (χ3v) is 2.78. The summed E-state index contributed by atoms with van der Waals surface area (Å²) in [6.07, 6.45) is 1.60. The van der Waals surface area contributed by atoms with Crippen LogP contribution in [0.3, 0.4) is 0 Å². The third-order valence-electron chi connectivity index (χ3n) is 2.78. The Morgan fingerprint density at radius 1 is 1.50 bits per heavy atom. The lowest BCUT2D eigenvalue weighted by Gasteiger charge is -2.41. The van der Waals surface area contributed by atoms with E-state index >= 15 is 0 Å². The van der Waals surface area contributed by atoms with Gasteiger partial charge in [0.25, 0.3) is 0 Å². The quantitative estimate of drug-likeness (QED) is 0.629. The van der Waals surface area contributed by atoms with Crippen molar-refractivity contribution in [3.8, 4) is 0 Å². The molecule has 0 N–H and O–H groups in total. The second kappa shape index (κ2) is 4.24. The van der Waals surface area contributed by atoms with Gasteiger partial charge in [0.2, 0.25) is 0 Å². The SMILES string of the molecule is CCC1C(C)OCCN1C(C)C. The molecular weight excluding hydrogens is 150 g/mol. The molecule has 0 amide bonds. The zero-order chi connectivity index (χ0) is 9.14. The summed E-state index contributed by atoms with van der Waals surface area (Å²) in [5, 5.41) is 0. The van der Waals surface area contributed by atoms with E-state index in [1.807, 2.05) is 0 Å². The van der Waals surface area contributed by atoms with Gasteiger partial charge in [-0.25, -0.2) is 0 Å². The first-order valence-corrected chi connectivity index (χ1v) is 5.04. The molecule has 72 valence electrons. The molecule has 1 aliphatic rings. The van der Waals surface area contributed by atoms with E-state index in [1.54, 1.807) is 0 Å². The standard InChI is InChI=1S/C10H21NO/c1-5-10-9(4)12-7-6-11(10)8(2)3/h8-10H,5-7H2,1-4H3. The summed E-state index contributed by atoms with van der Waals surface area (Å²) < 4.78 is 5.62. The summed E-state index contributed by atoms with van der Waals surface area (Å²) in [5.74, 6) is 0. The first-order chi connectivity index (χ1) is 5.66. The van der Waals surface area contributed by atoms with E-state index in [4.69, 9.17) is 4.74 Å². The second-order valence-corrected chi connectivity index (χ2v) is 3.88. The Balaban J connectivity index is 2.57. The minimum absolute atomic E-state index is 0.408. The molecule has 1 fully saturated rings. The summed E-state index contributed by atoms with van der Waals surface area (Å²) in [7, 11) is 0. The molecule has 0 aliphatic carbocycles. The van der Waals surface area contributed by atoms with E-state index in [0.29, 0.717) is 18.2 Å². The molecule has 1 heterocycles. The molecule has 1 aliphatic heterocycles. The molecule has 0 bridgehead atoms. The Morgan fingerprint density at radius 2 is 2.17 bits per heavy atom. The summed E-state index contributed by atoms with van der Waals surface area (Å²) in [5.41, 5.74) is 0. The number of rotatable bonds is 2. The van der Waals surface area contributed by atoms with Crippen LogP contribution in [0.1, 0.15) is 34.1 Å². The fourth-order valence-corrected chi connectivity index (χ4v) is 2.10. The maximum atomic E-state index is 5.62. The highest BCUT2D eigenvalue weighted by molar-refractivity contribution is 4.82. The predicted octanol–water partition coefficient (Wildman–Crippen LogP) is 1.89. The lowest BCUT2D eigenvalue weighted by molar-refractivity contribution is -0.0738. The molecule has 0 radical (unpaired) electrons. The average molecular weight is 171 g/mol. The van der Waals surface area contributed by atoms with Crippen molar-refractivity contribution in [2.75, 3.05) is 13.2 Å². The maximum absolute atomic E-state index is 5.62. The largest absolute Gasteiger partial charge is 0.376 e. The zero-order valence-electron chi connectivity index (χ0n) is 8.71. The lowest BCUT2D eigenvalue weighted by atomic mass is 10.0. The minimum Gasteiger partial charge on any atom is -0.376 e. The van der Waals surface area contributed by atoms with Crippen LogP contribution in [0.2, 0.25) is 0 Å². The fraction of sp³-hybridized carbons (Fsp3) is 1.00. The molecule has 2 heteroatoms. The van der Waals surface area contributed by atoms with Gasteiger partial charge in [0.05, 0.1) is 12.7 Å². The van der Waals surface area contributed by atoms with Crippen molar-refractivity contribution < 1.29 is 4.74 Å². The van der Waals surface area contributed by atoms with Crippen molar-refractivity contribution in [3.05, 3.63) is 0 Å². The molecule has 2 atom stereocenters. The third kappa shape index (κ3) is 1.99. The van der Waals surface area contributed by atoms with Crippen LogP contribution in [0.15, 0.2) is 0 Å². The molecule has 0 aromatic heterocycles. The van der Waals surface area contributed by atoms with E-state index in [-0.39, 0.29) is 0 Å². The molecule has 1 saturated heterocycles. The van der Waals surface area contributed by atoms with Crippen LogP contribution in [-0.4, -0.2) is 36.2 Å². The van der Waals surface area contributed by atoms with Gasteiger partial charge in [-0.1, -0.05) is 6.92 Å². The van der Waals surface area contributed by atoms with Crippen LogP contribution in [0.25, 0.3) is 0 Å². The van der Waals surface area contributed by atoms with Crippen molar-refractivity contribution in [2.45, 2.75) is 52.3 Å². The van der Waals surface area contributed by atoms with Crippen LogP contribution in [0, 0.1) is 0 Å². The molecular formula is C10H21NO. The zero-order valence-corrected chi connectivity index (χ0v) is 8.71. The van der Waals surface area contributed by atoms with Crippen LogP contribution >= 0.6 is 0 Å². The van der Waals surface area contributed by atoms with Crippen LogP contribution in [-0.2, 0) is 4.74 Å². The van der Waals surface area contributed by atoms with Crippen molar-refractivity contribution in [1.82, 2.24) is 4.90 Å². The highest BCUT2D eigenvalue weighted by Gasteiger charge is 2.28. The maximum Gasteiger partial charge on any atom is 0.0702 e. The van der Waals surface area contributed by atoms with Gasteiger partial charge in [0.15, 0.2) is 0 Å². The molecule has 0 aromatic rings. The van der Waals surface area contributed by atoms with Crippen LogP contribution < -0.4 is 0 Å². The Hall–Kier alpha value is -0.0800. The van der Waals surface area contributed by atoms with E-state index in [9.17, 15) is 0 Å². The van der Waals surface area contributed by atoms with E-state index < -0.39 is 0 Å². The number of morpholine rings is 1. The molecule has 0 saturated carbocycles. The number of ether oxygens (including phenoxy) is 1. The molecule has 1 rings (SSSR count). The lowest BCUT2D eigenvalue weighted by Crippen LogP contribution is -2.52. The highest BCUT2D eigenvalue weighted by Crippen LogP contribution is 2.18. The number of nitrogens with zero attached hydrogens (tertiary/aromatic N) is 1. The van der Waals surface area contributed by atoms with E-state index in [0.717, 1.165) is 13.2 Å². The Kier molecular flexibility index (Phi) is 3.53. The van der Waals surface area contributed by atoms with Crippen molar-refractivity contribution >= 4 is 0 Å². The molecule has 0 spiro atoms. The molecule has 2 unspecified atom stereocenters. The molecule has 12 heavy (non-hydrogen) atoms. The summed E-state index contributed by atoms with van der Waals surface area (Å²) in [4.78, 5) is 2.55. The van der Waals surface area contributed by atoms with Crippen molar-refractivity contribution in [3.63, 3.8) is 0 Å². The first kappa shape index (κ1) is 10.0. The van der Waals surface area contributed by atoms with E-state index in [1.165, 1.54) is 6.42 Å². The van der Waals surface area contributed by atoms with Gasteiger partial charge in [-0.3, -0.25) is 4.90 Å². The smallest absolute Gasteiger partial charge is 0.0702 e. The van der Waals surface area contributed by atoms with E-state index in [2.05, 4.69) is 32.6 Å². The fourth-order valence-electron chi connectivity index (χ4n) is 2.10. The topological polar surface area (TPSA) is 12.5 Å². The highest BCUT2D eigenvalue weighted by atomic mass is 16.5. The molecule has 0 aromatic carbocycles. The summed E-state index contributed by atoms with van der Waals surface area (Å²) >= 11 is 0. The Labute approximate surface area is 75.9 Å². The summed E-state index contributed by atoms with van der Waals surface area (Å²) in [6, 6.07) is 1.28. The van der Waals surface area contributed by atoms with Gasteiger partial charge >= 0.3 is 0 Å². The van der Waals surface area contributed by atoms with Gasteiger partial charge in [-0.2, -0.15) is 0 Å². The summed E-state index contributed by atoms with van der Waals surface area (Å²) in [6.45, 7) is 11.0. The second-order valence-electron chi connectivity index (χ2n) is 3.88. The number of hydrogen-bond donors (Lipinski definition) is 0. The predicted molar refractivity (Wildman–Crippen MR) is 51.3 cm³/mol. The normalized spacial score (nSPS) is 32.8. The average Bonchev–Trinajstić information content (AvgIpc) is 2.03. The van der Waals surface area contributed by atoms with Gasteiger partial charge in [-0.15, -0.1) is 0 Å². The van der Waals surface area contributed by atoms with Crippen LogP contribution in [0.4, 0.5) is 0 Å². The minimum atomic E-state index is 0.408. The van der Waals surface area contributed by atoms with Crippen molar-refractivity contribution in [1.29, 1.82) is 0 Å². The Bertz CT molecular complexity index is 136. The van der Waals surface area contributed by atoms with Gasteiger partial charge in [-0.05, 0) is 27.2 Å². The van der Waals surface area contributed by atoms with Gasteiger partial charge in [0, 0.05) is 18.6 Å². The molecule has 2 nitrogen and oxygen atoms in total. The first-order valence-electron chi connectivity index (χ1n) is 5.04. The van der Waals surface area contributed by atoms with Crippen molar-refractivity contribution in [2.24, 2.45) is 0 Å². The Morgan fingerprint density at radius 3 is 2.58 bits per heavy atom. The number of hydrogen-bond acceptors (Lipinski definition) is 2. The van der Waals surface area contributed by atoms with Gasteiger partial charge < -0.3 is 4.74 Å². The monoisotopic (exact) mass is 171 g/mol. The van der Waals surface area contributed by atoms with Gasteiger partial charge in [0.1, 0.15) is 0 Å².